The summed E-state index contributed by atoms with van der Waals surface area (Å²) < 4.78 is 3.88. The molecule has 0 saturated heterocycles. The second-order valence-corrected chi connectivity index (χ2v) is 8.92. The van der Waals surface area contributed by atoms with Crippen LogP contribution in [0.2, 0.25) is 0 Å². The highest BCUT2D eigenvalue weighted by atomic mass is 32.2. The van der Waals surface area contributed by atoms with Gasteiger partial charge in [0.15, 0.2) is 5.16 Å². The molecular weight excluding hydrogens is 418 g/mol. The number of nitrogens with zero attached hydrogens (tertiary/aromatic N) is 4. The number of carbonyl (C=O) groups is 1. The average molecular weight is 446 g/mol. The zero-order valence-electron chi connectivity index (χ0n) is 19.0. The molecule has 0 spiro atoms. The molecule has 0 bridgehead atoms. The number of hydrogen-bond donors (Lipinski definition) is 1. The Bertz CT molecular complexity index is 1270. The number of thioether (sulfide) groups is 1. The van der Waals surface area contributed by atoms with Gasteiger partial charge >= 0.3 is 0 Å². The number of aromatic nitrogens is 4. The smallest absolute Gasteiger partial charge is 0.234 e. The predicted molar refractivity (Wildman–Crippen MR) is 130 cm³/mol. The number of aryl methyl sites for hydroxylation is 4. The Labute approximate surface area is 192 Å². The minimum Gasteiger partial charge on any atom is -0.322 e. The summed E-state index contributed by atoms with van der Waals surface area (Å²) >= 11 is 1.42. The number of imidazole rings is 1. The third-order valence-corrected chi connectivity index (χ3v) is 6.51. The van der Waals surface area contributed by atoms with Gasteiger partial charge in [0.05, 0.1) is 28.5 Å². The normalized spacial score (nSPS) is 11.0. The molecule has 6 nitrogen and oxygen atoms in total. The van der Waals surface area contributed by atoms with Gasteiger partial charge in [-0.15, -0.1) is 0 Å². The molecule has 0 saturated carbocycles. The lowest BCUT2D eigenvalue weighted by atomic mass is 10.1. The molecule has 0 radical (unpaired) electrons. The van der Waals surface area contributed by atoms with Crippen molar-refractivity contribution in [1.29, 1.82) is 0 Å². The van der Waals surface area contributed by atoms with Gasteiger partial charge in [-0.25, -0.2) is 9.67 Å². The van der Waals surface area contributed by atoms with Crippen molar-refractivity contribution in [2.75, 3.05) is 11.1 Å². The predicted octanol–water partition coefficient (Wildman–Crippen LogP) is 5.33. The van der Waals surface area contributed by atoms with Crippen molar-refractivity contribution < 1.29 is 4.79 Å². The largest absolute Gasteiger partial charge is 0.322 e. The van der Waals surface area contributed by atoms with E-state index in [-0.39, 0.29) is 11.7 Å². The van der Waals surface area contributed by atoms with Gasteiger partial charge in [0.25, 0.3) is 0 Å². The number of anilines is 1. The van der Waals surface area contributed by atoms with Crippen molar-refractivity contribution in [2.24, 2.45) is 0 Å². The topological polar surface area (TPSA) is 64.7 Å². The van der Waals surface area contributed by atoms with E-state index in [1.54, 1.807) is 6.20 Å². The molecule has 2 aromatic heterocycles. The van der Waals surface area contributed by atoms with E-state index >= 15 is 0 Å². The second kappa shape index (κ2) is 9.04. The molecule has 1 N–H and O–H groups in total. The van der Waals surface area contributed by atoms with Gasteiger partial charge in [-0.05, 0) is 70.0 Å². The van der Waals surface area contributed by atoms with E-state index in [2.05, 4.69) is 66.5 Å². The molecule has 4 aromatic rings. The summed E-state index contributed by atoms with van der Waals surface area (Å²) in [5.41, 5.74) is 8.13. The minimum atomic E-state index is -0.0840. The van der Waals surface area contributed by atoms with Gasteiger partial charge in [-0.2, -0.15) is 5.10 Å². The van der Waals surface area contributed by atoms with Crippen LogP contribution in [-0.2, 0) is 4.79 Å². The highest BCUT2D eigenvalue weighted by molar-refractivity contribution is 7.99. The lowest BCUT2D eigenvalue weighted by Crippen LogP contribution is -2.15. The molecule has 7 heteroatoms. The Morgan fingerprint density at radius 1 is 0.969 bits per heavy atom. The highest BCUT2D eigenvalue weighted by Gasteiger charge is 2.16. The van der Waals surface area contributed by atoms with Crippen LogP contribution in [0.1, 0.15) is 28.1 Å². The number of amides is 1. The third kappa shape index (κ3) is 4.48. The molecule has 0 unspecified atom stereocenters. The van der Waals surface area contributed by atoms with Gasteiger partial charge in [-0.1, -0.05) is 35.5 Å². The summed E-state index contributed by atoms with van der Waals surface area (Å²) in [5.74, 6) is 0.176. The maximum atomic E-state index is 12.7. The lowest BCUT2D eigenvalue weighted by Gasteiger charge is -2.10. The van der Waals surface area contributed by atoms with Gasteiger partial charge in [0.1, 0.15) is 0 Å². The summed E-state index contributed by atoms with van der Waals surface area (Å²) in [6.07, 6.45) is 3.68. The Kier molecular flexibility index (Phi) is 6.19. The molecule has 164 valence electrons. The van der Waals surface area contributed by atoms with Crippen LogP contribution in [0.3, 0.4) is 0 Å². The van der Waals surface area contributed by atoms with Crippen LogP contribution in [0.25, 0.3) is 11.4 Å². The van der Waals surface area contributed by atoms with Crippen LogP contribution < -0.4 is 5.32 Å². The number of hydrogen-bond acceptors (Lipinski definition) is 4. The average Bonchev–Trinajstić information content (AvgIpc) is 3.35. The van der Waals surface area contributed by atoms with Crippen LogP contribution in [0.4, 0.5) is 5.69 Å². The maximum Gasteiger partial charge on any atom is 0.234 e. The van der Waals surface area contributed by atoms with Gasteiger partial charge in [0.2, 0.25) is 5.91 Å². The zero-order valence-corrected chi connectivity index (χ0v) is 19.8. The first kappa shape index (κ1) is 21.9. The van der Waals surface area contributed by atoms with Crippen LogP contribution in [0, 0.1) is 34.6 Å². The quantitative estimate of drug-likeness (QED) is 0.407. The fraction of sp³-hybridized carbons (Fsp3) is 0.240. The molecule has 0 aliphatic heterocycles. The summed E-state index contributed by atoms with van der Waals surface area (Å²) in [6.45, 7) is 10.1. The van der Waals surface area contributed by atoms with E-state index in [0.29, 0.717) is 0 Å². The standard InChI is InChI=1S/C25H27N5OS/c1-16-6-9-21(10-7-16)30-20(5)24(19(4)28-30)27-23(31)15-32-25-26-12-13-29(25)22-11-8-17(2)18(3)14-22/h6-14H,15H2,1-5H3,(H,27,31). The number of benzene rings is 2. The molecule has 32 heavy (non-hydrogen) atoms. The number of carbonyl (C=O) groups excluding carboxylic acids is 1. The Morgan fingerprint density at radius 2 is 1.69 bits per heavy atom. The van der Waals surface area contributed by atoms with Gasteiger partial charge in [-0.3, -0.25) is 9.36 Å². The number of rotatable bonds is 6. The molecular formula is C25H27N5OS. The van der Waals surface area contributed by atoms with Crippen LogP contribution in [0.5, 0.6) is 0 Å². The van der Waals surface area contributed by atoms with Crippen molar-refractivity contribution in [1.82, 2.24) is 19.3 Å². The number of nitrogens with one attached hydrogen (secondary N) is 1. The fourth-order valence-corrected chi connectivity index (χ4v) is 4.31. The minimum absolute atomic E-state index is 0.0840. The van der Waals surface area contributed by atoms with Gasteiger partial charge < -0.3 is 5.32 Å². The summed E-state index contributed by atoms with van der Waals surface area (Å²) in [7, 11) is 0. The molecule has 1 amide bonds. The van der Waals surface area contributed by atoms with Crippen molar-refractivity contribution in [3.63, 3.8) is 0 Å². The SMILES string of the molecule is Cc1ccc(-n2nc(C)c(NC(=O)CSc3nccn3-c3ccc(C)c(C)c3)c2C)cc1. The summed E-state index contributed by atoms with van der Waals surface area (Å²) in [6, 6.07) is 14.5. The van der Waals surface area contributed by atoms with E-state index in [4.69, 9.17) is 0 Å². The van der Waals surface area contributed by atoms with Gasteiger partial charge in [0, 0.05) is 18.1 Å². The third-order valence-electron chi connectivity index (χ3n) is 5.54. The molecule has 0 fully saturated rings. The second-order valence-electron chi connectivity index (χ2n) is 7.98. The Hall–Kier alpha value is -3.32. The molecule has 0 aliphatic carbocycles. The first-order valence-corrected chi connectivity index (χ1v) is 11.5. The molecule has 4 rings (SSSR count). The van der Waals surface area contributed by atoms with Crippen molar-refractivity contribution >= 4 is 23.4 Å². The van der Waals surface area contributed by atoms with Crippen LogP contribution >= 0.6 is 11.8 Å². The first-order valence-electron chi connectivity index (χ1n) is 10.5. The molecule has 2 aromatic carbocycles. The Balaban J connectivity index is 1.46. The monoisotopic (exact) mass is 445 g/mol. The first-order chi connectivity index (χ1) is 15.3. The summed E-state index contributed by atoms with van der Waals surface area (Å²) in [4.78, 5) is 17.2. The zero-order chi connectivity index (χ0) is 22.8. The lowest BCUT2D eigenvalue weighted by molar-refractivity contribution is -0.113. The highest BCUT2D eigenvalue weighted by Crippen LogP contribution is 2.25. The van der Waals surface area contributed by atoms with Crippen LogP contribution in [0.15, 0.2) is 60.0 Å². The maximum absolute atomic E-state index is 12.7. The molecule has 0 aliphatic rings. The van der Waals surface area contributed by atoms with E-state index in [9.17, 15) is 4.79 Å². The van der Waals surface area contributed by atoms with Crippen molar-refractivity contribution in [3.8, 4) is 11.4 Å². The van der Waals surface area contributed by atoms with E-state index in [1.165, 1.54) is 28.5 Å². The molecule has 0 atom stereocenters. The van der Waals surface area contributed by atoms with Crippen LogP contribution in [-0.4, -0.2) is 31.0 Å². The fourth-order valence-electron chi connectivity index (χ4n) is 3.54. The van der Waals surface area contributed by atoms with E-state index < -0.39 is 0 Å². The van der Waals surface area contributed by atoms with E-state index in [0.717, 1.165) is 33.6 Å². The van der Waals surface area contributed by atoms with E-state index in [1.807, 2.05) is 41.4 Å². The van der Waals surface area contributed by atoms with Crippen molar-refractivity contribution in [2.45, 2.75) is 39.8 Å². The molecule has 2 heterocycles. The summed E-state index contributed by atoms with van der Waals surface area (Å²) in [5, 5.41) is 8.44. The Morgan fingerprint density at radius 3 is 2.41 bits per heavy atom. The van der Waals surface area contributed by atoms with Crippen molar-refractivity contribution in [3.05, 3.63) is 82.9 Å².